The topological polar surface area (TPSA) is 30.7 Å². The Hall–Kier alpha value is -0.220. The Labute approximate surface area is 87.8 Å². The number of thioether (sulfide) groups is 1. The first kappa shape index (κ1) is 10.9. The Balaban J connectivity index is 2.31. The van der Waals surface area contributed by atoms with E-state index in [1.807, 2.05) is 22.6 Å². The number of halogens is 1. The smallest absolute Gasteiger partial charge is 0.0839 e. The highest BCUT2D eigenvalue weighted by molar-refractivity contribution is 7.98. The van der Waals surface area contributed by atoms with Crippen LogP contribution in [-0.2, 0) is 13.0 Å². The van der Waals surface area contributed by atoms with Crippen LogP contribution in [0.1, 0.15) is 12.1 Å². The zero-order chi connectivity index (χ0) is 9.52. The van der Waals surface area contributed by atoms with Gasteiger partial charge in [0.15, 0.2) is 0 Å². The summed E-state index contributed by atoms with van der Waals surface area (Å²) < 4.78 is 1.89. The standard InChI is InChI=1S/C8H14ClN3S/c1-13-6-2-5-12-7-8(3-4-9)10-11-12/h7H,2-6H2,1H3. The van der Waals surface area contributed by atoms with Crippen LogP contribution in [0.5, 0.6) is 0 Å². The van der Waals surface area contributed by atoms with Crippen LogP contribution in [0, 0.1) is 0 Å². The second-order valence-electron chi connectivity index (χ2n) is 2.76. The molecule has 1 aromatic heterocycles. The second kappa shape index (κ2) is 6.27. The molecule has 3 nitrogen and oxygen atoms in total. The van der Waals surface area contributed by atoms with Gasteiger partial charge in [-0.2, -0.15) is 11.8 Å². The number of nitrogens with zero attached hydrogens (tertiary/aromatic N) is 3. The molecule has 0 fully saturated rings. The molecule has 0 saturated heterocycles. The summed E-state index contributed by atoms with van der Waals surface area (Å²) in [6.07, 6.45) is 6.04. The number of hydrogen-bond donors (Lipinski definition) is 0. The molecule has 0 aromatic carbocycles. The molecule has 0 aliphatic carbocycles. The van der Waals surface area contributed by atoms with E-state index in [1.54, 1.807) is 0 Å². The maximum atomic E-state index is 5.59. The summed E-state index contributed by atoms with van der Waals surface area (Å²) in [4.78, 5) is 0. The average Bonchev–Trinajstić information content (AvgIpc) is 2.54. The number of alkyl halides is 1. The Morgan fingerprint density at radius 3 is 3.15 bits per heavy atom. The average molecular weight is 220 g/mol. The zero-order valence-corrected chi connectivity index (χ0v) is 9.31. The van der Waals surface area contributed by atoms with Crippen molar-refractivity contribution in [2.75, 3.05) is 17.9 Å². The summed E-state index contributed by atoms with van der Waals surface area (Å²) in [7, 11) is 0. The van der Waals surface area contributed by atoms with Crippen molar-refractivity contribution in [1.29, 1.82) is 0 Å². The summed E-state index contributed by atoms with van der Waals surface area (Å²) in [5.74, 6) is 1.79. The van der Waals surface area contributed by atoms with Crippen LogP contribution in [0.2, 0.25) is 0 Å². The van der Waals surface area contributed by atoms with Gasteiger partial charge in [0.25, 0.3) is 0 Å². The fourth-order valence-corrected chi connectivity index (χ4v) is 1.64. The zero-order valence-electron chi connectivity index (χ0n) is 7.74. The summed E-state index contributed by atoms with van der Waals surface area (Å²) in [5, 5.41) is 8.01. The van der Waals surface area contributed by atoms with Crippen molar-refractivity contribution in [2.24, 2.45) is 0 Å². The monoisotopic (exact) mass is 219 g/mol. The van der Waals surface area contributed by atoms with E-state index in [0.29, 0.717) is 5.88 Å². The predicted octanol–water partition coefficient (Wildman–Crippen LogP) is 1.81. The lowest BCUT2D eigenvalue weighted by molar-refractivity contribution is 0.582. The fraction of sp³-hybridized carbons (Fsp3) is 0.750. The molecule has 13 heavy (non-hydrogen) atoms. The predicted molar refractivity (Wildman–Crippen MR) is 57.4 cm³/mol. The number of rotatable bonds is 6. The minimum absolute atomic E-state index is 0.615. The van der Waals surface area contributed by atoms with E-state index in [1.165, 1.54) is 5.75 Å². The maximum absolute atomic E-state index is 5.59. The number of aromatic nitrogens is 3. The lowest BCUT2D eigenvalue weighted by Gasteiger charge is -1.97. The SMILES string of the molecule is CSCCCn1cc(CCCl)nn1. The van der Waals surface area contributed by atoms with Crippen molar-refractivity contribution in [3.8, 4) is 0 Å². The summed E-state index contributed by atoms with van der Waals surface area (Å²) >= 11 is 7.45. The summed E-state index contributed by atoms with van der Waals surface area (Å²) in [6, 6.07) is 0. The lowest BCUT2D eigenvalue weighted by atomic mass is 10.4. The molecule has 1 heterocycles. The highest BCUT2D eigenvalue weighted by Gasteiger charge is 1.98. The Bertz CT molecular complexity index is 239. The van der Waals surface area contributed by atoms with Crippen LogP contribution < -0.4 is 0 Å². The van der Waals surface area contributed by atoms with E-state index in [9.17, 15) is 0 Å². The molecule has 0 amide bonds. The third kappa shape index (κ3) is 4.00. The van der Waals surface area contributed by atoms with Crippen molar-refractivity contribution in [3.05, 3.63) is 11.9 Å². The molecule has 0 N–H and O–H groups in total. The van der Waals surface area contributed by atoms with Gasteiger partial charge in [0, 0.05) is 25.0 Å². The van der Waals surface area contributed by atoms with Crippen LogP contribution in [-0.4, -0.2) is 32.9 Å². The van der Waals surface area contributed by atoms with Crippen molar-refractivity contribution in [2.45, 2.75) is 19.4 Å². The van der Waals surface area contributed by atoms with E-state index in [2.05, 4.69) is 16.6 Å². The largest absolute Gasteiger partial charge is 0.252 e. The van der Waals surface area contributed by atoms with E-state index in [4.69, 9.17) is 11.6 Å². The molecule has 5 heteroatoms. The van der Waals surface area contributed by atoms with Gasteiger partial charge in [-0.15, -0.1) is 16.7 Å². The van der Waals surface area contributed by atoms with Crippen LogP contribution in [0.15, 0.2) is 6.20 Å². The molecular formula is C8H14ClN3S. The molecule has 0 atom stereocenters. The molecular weight excluding hydrogens is 206 g/mol. The second-order valence-corrected chi connectivity index (χ2v) is 4.12. The normalized spacial score (nSPS) is 10.6. The molecule has 1 rings (SSSR count). The van der Waals surface area contributed by atoms with Gasteiger partial charge in [0.2, 0.25) is 0 Å². The van der Waals surface area contributed by atoms with Gasteiger partial charge in [0.05, 0.1) is 5.69 Å². The molecule has 1 aromatic rings. The van der Waals surface area contributed by atoms with E-state index in [0.717, 1.165) is 25.1 Å². The van der Waals surface area contributed by atoms with Crippen molar-refractivity contribution in [3.63, 3.8) is 0 Å². The maximum Gasteiger partial charge on any atom is 0.0839 e. The fourth-order valence-electron chi connectivity index (χ4n) is 1.03. The van der Waals surface area contributed by atoms with Gasteiger partial charge < -0.3 is 0 Å². The number of aryl methyl sites for hydroxylation is 2. The number of hydrogen-bond acceptors (Lipinski definition) is 3. The third-order valence-electron chi connectivity index (χ3n) is 1.67. The van der Waals surface area contributed by atoms with Crippen LogP contribution in [0.25, 0.3) is 0 Å². The molecule has 0 bridgehead atoms. The van der Waals surface area contributed by atoms with Gasteiger partial charge in [-0.05, 0) is 18.4 Å². The molecule has 74 valence electrons. The Kier molecular flexibility index (Phi) is 5.23. The third-order valence-corrected chi connectivity index (χ3v) is 2.56. The summed E-state index contributed by atoms with van der Waals surface area (Å²) in [5.41, 5.74) is 0.985. The first-order chi connectivity index (χ1) is 6.36. The van der Waals surface area contributed by atoms with Crippen LogP contribution in [0.3, 0.4) is 0 Å². The Morgan fingerprint density at radius 1 is 1.62 bits per heavy atom. The summed E-state index contributed by atoms with van der Waals surface area (Å²) in [6.45, 7) is 0.954. The first-order valence-corrected chi connectivity index (χ1v) is 6.23. The quantitative estimate of drug-likeness (QED) is 0.540. The molecule has 0 radical (unpaired) electrons. The van der Waals surface area contributed by atoms with Crippen LogP contribution >= 0.6 is 23.4 Å². The van der Waals surface area contributed by atoms with Gasteiger partial charge in [-0.3, -0.25) is 4.68 Å². The molecule has 0 aliphatic rings. The first-order valence-electron chi connectivity index (χ1n) is 4.30. The van der Waals surface area contributed by atoms with Crippen molar-refractivity contribution >= 4 is 23.4 Å². The van der Waals surface area contributed by atoms with Crippen molar-refractivity contribution < 1.29 is 0 Å². The lowest BCUT2D eigenvalue weighted by Crippen LogP contribution is -1.99. The van der Waals surface area contributed by atoms with E-state index in [-0.39, 0.29) is 0 Å². The molecule has 0 saturated carbocycles. The molecule has 0 unspecified atom stereocenters. The highest BCUT2D eigenvalue weighted by Crippen LogP contribution is 2.00. The van der Waals surface area contributed by atoms with E-state index < -0.39 is 0 Å². The van der Waals surface area contributed by atoms with Crippen molar-refractivity contribution in [1.82, 2.24) is 15.0 Å². The molecule has 0 aliphatic heterocycles. The Morgan fingerprint density at radius 2 is 2.46 bits per heavy atom. The van der Waals surface area contributed by atoms with Gasteiger partial charge in [-0.1, -0.05) is 5.21 Å². The minimum Gasteiger partial charge on any atom is -0.252 e. The van der Waals surface area contributed by atoms with Gasteiger partial charge in [0.1, 0.15) is 0 Å². The van der Waals surface area contributed by atoms with E-state index >= 15 is 0 Å². The minimum atomic E-state index is 0.615. The highest BCUT2D eigenvalue weighted by atomic mass is 35.5. The van der Waals surface area contributed by atoms with Gasteiger partial charge in [-0.25, -0.2) is 0 Å². The van der Waals surface area contributed by atoms with Gasteiger partial charge >= 0.3 is 0 Å². The molecule has 0 spiro atoms. The van der Waals surface area contributed by atoms with Crippen LogP contribution in [0.4, 0.5) is 0 Å².